The average Bonchev–Trinajstić information content (AvgIpc) is 2.62. The number of rotatable bonds is 4. The first kappa shape index (κ1) is 18.8. The summed E-state index contributed by atoms with van der Waals surface area (Å²) in [5.74, 6) is -0.907. The van der Waals surface area contributed by atoms with E-state index in [-0.39, 0.29) is 23.9 Å². The van der Waals surface area contributed by atoms with Crippen LogP contribution in [-0.4, -0.2) is 31.8 Å². The maximum atomic E-state index is 13.0. The fourth-order valence-corrected chi connectivity index (χ4v) is 4.47. The number of carbonyl (C=O) groups is 1. The molecule has 0 unspecified atom stereocenters. The molecule has 0 radical (unpaired) electrons. The number of hydrogen-bond acceptors (Lipinski definition) is 4. The fourth-order valence-electron chi connectivity index (χ4n) is 2.82. The normalized spacial score (nSPS) is 16.4. The molecule has 0 atom stereocenters. The summed E-state index contributed by atoms with van der Waals surface area (Å²) in [6.07, 6.45) is 0.722. The topological polar surface area (TPSA) is 63.7 Å². The largest absolute Gasteiger partial charge is 0.426 e. The van der Waals surface area contributed by atoms with Crippen LogP contribution < -0.4 is 4.74 Å². The van der Waals surface area contributed by atoms with Gasteiger partial charge in [0.2, 0.25) is 10.0 Å². The zero-order valence-electron chi connectivity index (χ0n) is 13.8. The van der Waals surface area contributed by atoms with Gasteiger partial charge in [0.1, 0.15) is 11.6 Å². The molecule has 2 aromatic rings. The molecule has 0 amide bonds. The molecule has 0 N–H and O–H groups in total. The van der Waals surface area contributed by atoms with Crippen LogP contribution in [0.2, 0.25) is 5.02 Å². The van der Waals surface area contributed by atoms with Crippen LogP contribution in [0.5, 0.6) is 5.75 Å². The number of benzene rings is 2. The zero-order chi connectivity index (χ0) is 18.7. The first-order chi connectivity index (χ1) is 12.4. The van der Waals surface area contributed by atoms with Crippen LogP contribution in [0, 0.1) is 11.7 Å². The molecule has 0 aliphatic carbocycles. The quantitative estimate of drug-likeness (QED) is 0.585. The molecule has 0 saturated carbocycles. The molecule has 1 aliphatic rings. The van der Waals surface area contributed by atoms with E-state index in [0.717, 1.165) is 12.1 Å². The Morgan fingerprint density at radius 3 is 2.38 bits per heavy atom. The Morgan fingerprint density at radius 1 is 1.12 bits per heavy atom. The second kappa shape index (κ2) is 7.73. The lowest BCUT2D eigenvalue weighted by Gasteiger charge is -2.30. The summed E-state index contributed by atoms with van der Waals surface area (Å²) in [5, 5.41) is 0.468. The van der Waals surface area contributed by atoms with Crippen molar-refractivity contribution in [2.24, 2.45) is 5.92 Å². The maximum absolute atomic E-state index is 13.0. The number of esters is 1. The third-order valence-corrected chi connectivity index (χ3v) is 6.40. The molecule has 2 aromatic carbocycles. The highest BCUT2D eigenvalue weighted by atomic mass is 35.5. The maximum Gasteiger partial charge on any atom is 0.314 e. The van der Waals surface area contributed by atoms with Gasteiger partial charge in [-0.1, -0.05) is 17.7 Å². The second-order valence-corrected chi connectivity index (χ2v) is 8.39. The average molecular weight is 398 g/mol. The van der Waals surface area contributed by atoms with Crippen LogP contribution in [0.4, 0.5) is 4.39 Å². The minimum Gasteiger partial charge on any atom is -0.426 e. The lowest BCUT2D eigenvalue weighted by molar-refractivity contribution is -0.140. The lowest BCUT2D eigenvalue weighted by atomic mass is 9.98. The van der Waals surface area contributed by atoms with Gasteiger partial charge in [-0.25, -0.2) is 12.8 Å². The summed E-state index contributed by atoms with van der Waals surface area (Å²) < 4.78 is 44.8. The van der Waals surface area contributed by atoms with Crippen molar-refractivity contribution in [3.63, 3.8) is 0 Å². The highest BCUT2D eigenvalue weighted by Gasteiger charge is 2.33. The summed E-state index contributed by atoms with van der Waals surface area (Å²) in [5.41, 5.74) is 0. The molecule has 1 aliphatic heterocycles. The van der Waals surface area contributed by atoms with Gasteiger partial charge in [-0.15, -0.1) is 0 Å². The van der Waals surface area contributed by atoms with Crippen molar-refractivity contribution in [1.82, 2.24) is 4.31 Å². The van der Waals surface area contributed by atoms with Crippen molar-refractivity contribution < 1.29 is 22.3 Å². The van der Waals surface area contributed by atoms with E-state index >= 15 is 0 Å². The second-order valence-electron chi connectivity index (χ2n) is 6.01. The Morgan fingerprint density at radius 2 is 1.77 bits per heavy atom. The number of hydrogen-bond donors (Lipinski definition) is 0. The molecule has 3 rings (SSSR count). The predicted octanol–water partition coefficient (Wildman–Crippen LogP) is 3.49. The number of halogens is 2. The van der Waals surface area contributed by atoms with Gasteiger partial charge in [-0.3, -0.25) is 4.79 Å². The van der Waals surface area contributed by atoms with Crippen molar-refractivity contribution >= 4 is 27.6 Å². The summed E-state index contributed by atoms with van der Waals surface area (Å²) in [6, 6.07) is 11.3. The molecule has 5 nitrogen and oxygen atoms in total. The van der Waals surface area contributed by atoms with E-state index in [1.807, 2.05) is 0 Å². The third-order valence-electron chi connectivity index (χ3n) is 4.25. The van der Waals surface area contributed by atoms with Crippen LogP contribution >= 0.6 is 11.6 Å². The van der Waals surface area contributed by atoms with Crippen molar-refractivity contribution in [3.05, 3.63) is 59.4 Å². The van der Waals surface area contributed by atoms with Gasteiger partial charge < -0.3 is 4.74 Å². The molecule has 0 spiro atoms. The van der Waals surface area contributed by atoms with Crippen LogP contribution in [0.25, 0.3) is 0 Å². The number of ether oxygens (including phenoxy) is 1. The Kier molecular flexibility index (Phi) is 5.60. The van der Waals surface area contributed by atoms with E-state index in [4.69, 9.17) is 16.3 Å². The molecule has 1 fully saturated rings. The smallest absolute Gasteiger partial charge is 0.314 e. The van der Waals surface area contributed by atoms with E-state index in [1.165, 1.54) is 16.4 Å². The summed E-state index contributed by atoms with van der Waals surface area (Å²) >= 11 is 5.86. The van der Waals surface area contributed by atoms with Gasteiger partial charge in [0, 0.05) is 18.1 Å². The van der Waals surface area contributed by atoms with E-state index < -0.39 is 21.8 Å². The molecular weight excluding hydrogens is 381 g/mol. The summed E-state index contributed by atoms with van der Waals surface area (Å²) in [7, 11) is -3.70. The van der Waals surface area contributed by atoms with E-state index in [9.17, 15) is 17.6 Å². The Labute approximate surface area is 156 Å². The molecular formula is C18H17ClFNO4S. The monoisotopic (exact) mass is 397 g/mol. The van der Waals surface area contributed by atoms with Crippen molar-refractivity contribution in [1.29, 1.82) is 0 Å². The van der Waals surface area contributed by atoms with Gasteiger partial charge in [0.25, 0.3) is 0 Å². The van der Waals surface area contributed by atoms with Gasteiger partial charge in [0.05, 0.1) is 10.8 Å². The van der Waals surface area contributed by atoms with Crippen LogP contribution in [0.15, 0.2) is 53.4 Å². The van der Waals surface area contributed by atoms with Crippen molar-refractivity contribution in [3.8, 4) is 5.75 Å². The van der Waals surface area contributed by atoms with Gasteiger partial charge in [-0.2, -0.15) is 4.31 Å². The van der Waals surface area contributed by atoms with E-state index in [1.54, 1.807) is 24.3 Å². The molecule has 0 aromatic heterocycles. The Bertz CT molecular complexity index is 894. The Hall–Kier alpha value is -1.96. The highest BCUT2D eigenvalue weighted by molar-refractivity contribution is 7.89. The predicted molar refractivity (Wildman–Crippen MR) is 95.0 cm³/mol. The highest BCUT2D eigenvalue weighted by Crippen LogP contribution is 2.26. The number of nitrogens with zero attached hydrogens (tertiary/aromatic N) is 1. The van der Waals surface area contributed by atoms with Gasteiger partial charge in [-0.05, 0) is 55.3 Å². The molecule has 26 heavy (non-hydrogen) atoms. The van der Waals surface area contributed by atoms with Gasteiger partial charge >= 0.3 is 5.97 Å². The number of piperidine rings is 1. The molecule has 0 bridgehead atoms. The number of carbonyl (C=O) groups excluding carboxylic acids is 1. The minimum absolute atomic E-state index is 0.0406. The lowest BCUT2D eigenvalue weighted by Crippen LogP contribution is -2.41. The third kappa shape index (κ3) is 4.23. The van der Waals surface area contributed by atoms with Gasteiger partial charge in [0.15, 0.2) is 0 Å². The molecule has 1 heterocycles. The Balaban J connectivity index is 1.61. The standard InChI is InChI=1S/C18H17ClFNO4S/c19-14-2-1-3-16(12-14)25-18(22)13-8-10-21(11-9-13)26(23,24)17-6-4-15(20)5-7-17/h1-7,12-13H,8-11H2. The van der Waals surface area contributed by atoms with E-state index in [2.05, 4.69) is 0 Å². The van der Waals surface area contributed by atoms with Crippen LogP contribution in [0.3, 0.4) is 0 Å². The SMILES string of the molecule is O=C(Oc1cccc(Cl)c1)C1CCN(S(=O)(=O)c2ccc(F)cc2)CC1. The number of sulfonamides is 1. The molecule has 8 heteroatoms. The van der Waals surface area contributed by atoms with Crippen molar-refractivity contribution in [2.75, 3.05) is 13.1 Å². The van der Waals surface area contributed by atoms with Crippen molar-refractivity contribution in [2.45, 2.75) is 17.7 Å². The molecule has 1 saturated heterocycles. The van der Waals surface area contributed by atoms with Crippen LogP contribution in [0.1, 0.15) is 12.8 Å². The summed E-state index contributed by atoms with van der Waals surface area (Å²) in [4.78, 5) is 12.3. The zero-order valence-corrected chi connectivity index (χ0v) is 15.3. The van der Waals surface area contributed by atoms with E-state index in [0.29, 0.717) is 23.6 Å². The first-order valence-corrected chi connectivity index (χ1v) is 9.91. The minimum atomic E-state index is -3.70. The molecule has 138 valence electrons. The fraction of sp³-hybridized carbons (Fsp3) is 0.278. The first-order valence-electron chi connectivity index (χ1n) is 8.09. The summed E-state index contributed by atoms with van der Waals surface area (Å²) in [6.45, 7) is 0.407. The van der Waals surface area contributed by atoms with Crippen LogP contribution in [-0.2, 0) is 14.8 Å².